The average molecular weight is 1260 g/mol. The molecule has 1 heterocycles. The minimum atomic E-state index is -0.447. The molecule has 6 aromatic rings. The van der Waals surface area contributed by atoms with Gasteiger partial charge in [-0.25, -0.2) is 0 Å². The number of nitrogens with one attached hydrogen (secondary N) is 1. The molecule has 6 aromatic carbocycles. The van der Waals surface area contributed by atoms with E-state index in [9.17, 15) is 19.2 Å². The number of thioether (sulfide) groups is 2. The van der Waals surface area contributed by atoms with Gasteiger partial charge < -0.3 is 49.1 Å². The minimum absolute atomic E-state index is 0.0166. The number of hydrogen-bond acceptors (Lipinski definition) is 15. The van der Waals surface area contributed by atoms with Crippen LogP contribution in [0.1, 0.15) is 113 Å². The number of nitrogens with two attached hydrogens (primary N) is 1. The summed E-state index contributed by atoms with van der Waals surface area (Å²) in [6, 6.07) is 28.3. The number of carbonyl (C=O) groups is 2. The summed E-state index contributed by atoms with van der Waals surface area (Å²) in [5.74, 6) is 3.81. The van der Waals surface area contributed by atoms with Crippen LogP contribution in [-0.4, -0.2) is 104 Å². The van der Waals surface area contributed by atoms with E-state index in [-0.39, 0.29) is 22.8 Å². The van der Waals surface area contributed by atoms with Gasteiger partial charge in [-0.3, -0.25) is 19.2 Å². The number of amides is 1. The lowest BCUT2D eigenvalue weighted by Crippen LogP contribution is -2.29. The third-order valence-electron chi connectivity index (χ3n) is 14.6. The van der Waals surface area contributed by atoms with Gasteiger partial charge in [0.1, 0.15) is 0 Å². The summed E-state index contributed by atoms with van der Waals surface area (Å²) in [5.41, 5.74) is 16.1. The van der Waals surface area contributed by atoms with Crippen molar-refractivity contribution in [2.45, 2.75) is 92.9 Å². The number of ether oxygens (including phenoxy) is 7. The summed E-state index contributed by atoms with van der Waals surface area (Å²) in [7, 11) is 9.53. The van der Waals surface area contributed by atoms with Gasteiger partial charge in [0.25, 0.3) is 11.1 Å². The van der Waals surface area contributed by atoms with E-state index in [2.05, 4.69) is 31.0 Å². The van der Waals surface area contributed by atoms with Gasteiger partial charge in [-0.1, -0.05) is 63.2 Å². The Balaban J connectivity index is 0.000000231. The second kappa shape index (κ2) is 35.6. The molecule has 19 heteroatoms. The van der Waals surface area contributed by atoms with E-state index in [1.54, 1.807) is 85.1 Å². The van der Waals surface area contributed by atoms with Crippen LogP contribution in [0.4, 0.5) is 0 Å². The molecule has 0 saturated carbocycles. The minimum Gasteiger partial charge on any atom is -0.493 e. The van der Waals surface area contributed by atoms with Crippen LogP contribution in [0.15, 0.2) is 116 Å². The molecular weight excluding hydrogens is 1180 g/mol. The molecule has 0 spiro atoms. The Morgan fingerprint density at radius 3 is 1.45 bits per heavy atom. The highest BCUT2D eigenvalue weighted by Gasteiger charge is 2.31. The van der Waals surface area contributed by atoms with Crippen LogP contribution in [0, 0.1) is 0 Å². The topological polar surface area (TPSA) is 174 Å². The van der Waals surface area contributed by atoms with Gasteiger partial charge in [-0.05, 0) is 181 Å². The maximum atomic E-state index is 13.3. The molecule has 9 rings (SSSR count). The third kappa shape index (κ3) is 18.3. The first-order valence-corrected chi connectivity index (χ1v) is 31.9. The van der Waals surface area contributed by atoms with E-state index in [1.165, 1.54) is 56.0 Å². The molecule has 3 N–H and O–H groups in total. The number of aryl methyl sites for hydroxylation is 2. The number of nitrogens with zero attached hydrogens (tertiary/aromatic N) is 1. The third-order valence-corrected chi connectivity index (χ3v) is 17.0. The van der Waals surface area contributed by atoms with Crippen molar-refractivity contribution >= 4 is 69.5 Å². The number of rotatable bonds is 16. The zero-order chi connectivity index (χ0) is 62.2. The molecule has 0 radical (unpaired) electrons. The van der Waals surface area contributed by atoms with E-state index in [4.69, 9.17) is 73.7 Å². The normalized spacial score (nSPS) is 14.3. The number of hydrogen-bond donors (Lipinski definition) is 2. The van der Waals surface area contributed by atoms with Crippen molar-refractivity contribution in [3.8, 4) is 56.8 Å². The summed E-state index contributed by atoms with van der Waals surface area (Å²) in [4.78, 5) is 53.2. The standard InChI is InChI=1S/C28H28ClNO5S.C20H23NO4S.C8H6Cl2O.C6H15N.C4H8O/c1-33-23-13-17-8-10-21(30-28(32)18-7-5-6-16(12-18)15-29)20-14-22(31)24(36-4)11-9-19(20)25(17)27(35-3)26(23)34-2;1-23-16-9-11-5-7-14(21)13-10-15(22)17(26-4)8-6-12(13)18(11)20(25-3)19(16)24-2;9-5-6-2-1-3-7(4-6)8(10)11;1-4-7(5-2)6-3;1-2-4-5-3-1/h5-7,9,11-14,21H,8,10,15H2,1-4H3,(H,30,32);6,8-10,14H,5,7,21H2,1-4H3;1-4H,5H2;4-6H2,1-3H3;1-4H2/t21-;14-;;;/m00.../s1. The molecule has 85 heavy (non-hydrogen) atoms. The molecule has 0 unspecified atom stereocenters. The zero-order valence-corrected chi connectivity index (χ0v) is 54.5. The molecule has 458 valence electrons. The van der Waals surface area contributed by atoms with Crippen LogP contribution in [0.5, 0.6) is 34.5 Å². The molecule has 3 aliphatic rings. The molecular formula is C66H80Cl3N3O11S2. The highest BCUT2D eigenvalue weighted by molar-refractivity contribution is 7.98. The van der Waals surface area contributed by atoms with Gasteiger partial charge in [-0.2, -0.15) is 0 Å². The quantitative estimate of drug-likeness (QED) is 0.0532. The molecule has 1 fully saturated rings. The Bertz CT molecular complexity index is 3320. The van der Waals surface area contributed by atoms with Crippen molar-refractivity contribution in [1.82, 2.24) is 10.2 Å². The number of alkyl halides is 2. The lowest BCUT2D eigenvalue weighted by Gasteiger charge is -2.20. The lowest BCUT2D eigenvalue weighted by molar-refractivity contribution is 0.0934. The van der Waals surface area contributed by atoms with Crippen LogP contribution in [0.2, 0.25) is 0 Å². The summed E-state index contributed by atoms with van der Waals surface area (Å²) < 4.78 is 38.8. The van der Waals surface area contributed by atoms with Gasteiger partial charge in [0, 0.05) is 53.3 Å². The fourth-order valence-corrected chi connectivity index (χ4v) is 11.5. The average Bonchev–Trinajstić information content (AvgIpc) is 2.31. The highest BCUT2D eigenvalue weighted by Crippen LogP contribution is 2.52. The predicted octanol–water partition coefficient (Wildman–Crippen LogP) is 14.0. The Morgan fingerprint density at radius 2 is 1.05 bits per heavy atom. The van der Waals surface area contributed by atoms with Crippen molar-refractivity contribution in [3.63, 3.8) is 0 Å². The number of halogens is 3. The van der Waals surface area contributed by atoms with Crippen LogP contribution in [0.25, 0.3) is 22.3 Å². The largest absolute Gasteiger partial charge is 0.493 e. The summed E-state index contributed by atoms with van der Waals surface area (Å²) in [6.45, 7) is 12.1. The second-order valence-corrected chi connectivity index (χ2v) is 22.1. The molecule has 14 nitrogen and oxygen atoms in total. The van der Waals surface area contributed by atoms with Gasteiger partial charge in [0.05, 0.1) is 58.5 Å². The predicted molar refractivity (Wildman–Crippen MR) is 349 cm³/mol. The Hall–Kier alpha value is -5.95. The van der Waals surface area contributed by atoms with Gasteiger partial charge >= 0.3 is 0 Å². The van der Waals surface area contributed by atoms with E-state index in [0.29, 0.717) is 80.0 Å². The van der Waals surface area contributed by atoms with Crippen LogP contribution in [-0.2, 0) is 29.3 Å². The maximum Gasteiger partial charge on any atom is 0.252 e. The molecule has 2 atom stereocenters. The fourth-order valence-electron chi connectivity index (χ4n) is 10.1. The molecule has 1 amide bonds. The number of carbonyl (C=O) groups excluding carboxylic acids is 2. The number of fused-ring (bicyclic) bond motifs is 6. The number of methoxy groups -OCH3 is 6. The first kappa shape index (κ1) is 69.8. The van der Waals surface area contributed by atoms with Crippen molar-refractivity contribution in [3.05, 3.63) is 162 Å². The SMILES string of the molecule is C1CCOC1.CCN(CC)CC.COc1cc2c(c(OC)c1OC)-c1ccc(SC)c(=O)cc1[C@@H](N)CC2.COc1cc2c(c(OC)c1OC)-c1ccc(SC)c(=O)cc1[C@@H](NC(=O)c1cccc(CCl)c1)CC2.O=C(Cl)c1cccc(CCl)c1. The zero-order valence-electron chi connectivity index (χ0n) is 50.6. The smallest absolute Gasteiger partial charge is 0.252 e. The summed E-state index contributed by atoms with van der Waals surface area (Å²) >= 11 is 19.6. The maximum absolute atomic E-state index is 13.3. The van der Waals surface area contributed by atoms with E-state index < -0.39 is 11.3 Å². The van der Waals surface area contributed by atoms with E-state index >= 15 is 0 Å². The summed E-state index contributed by atoms with van der Waals surface area (Å²) in [5, 5.41) is 2.71. The van der Waals surface area contributed by atoms with Crippen molar-refractivity contribution in [1.29, 1.82) is 0 Å². The molecule has 0 bridgehead atoms. The van der Waals surface area contributed by atoms with E-state index in [1.807, 2.05) is 67.1 Å². The van der Waals surface area contributed by atoms with Gasteiger partial charge in [0.15, 0.2) is 33.9 Å². The van der Waals surface area contributed by atoms with Crippen molar-refractivity contribution in [2.24, 2.45) is 5.73 Å². The van der Waals surface area contributed by atoms with Gasteiger partial charge in [-0.15, -0.1) is 46.7 Å². The number of benzene rings is 4. The van der Waals surface area contributed by atoms with Crippen LogP contribution >= 0.6 is 58.3 Å². The highest BCUT2D eigenvalue weighted by atomic mass is 35.5. The van der Waals surface area contributed by atoms with Gasteiger partial charge in [0.2, 0.25) is 11.5 Å². The lowest BCUT2D eigenvalue weighted by atomic mass is 9.95. The Kier molecular flexibility index (Phi) is 29.3. The fraction of sp³-hybridized carbons (Fsp3) is 0.394. The Labute approximate surface area is 524 Å². The van der Waals surface area contributed by atoms with Crippen molar-refractivity contribution < 1.29 is 42.7 Å². The first-order chi connectivity index (χ1) is 41.1. The Morgan fingerprint density at radius 1 is 0.600 bits per heavy atom. The molecule has 0 aromatic heterocycles. The molecule has 1 aliphatic heterocycles. The molecule has 2 aliphatic carbocycles. The van der Waals surface area contributed by atoms with Crippen molar-refractivity contribution in [2.75, 3.05) is 88.0 Å². The monoisotopic (exact) mass is 1260 g/mol. The first-order valence-electron chi connectivity index (χ1n) is 28.0. The second-order valence-electron chi connectivity index (χ2n) is 19.5. The van der Waals surface area contributed by atoms with Crippen LogP contribution < -0.4 is 50.3 Å². The van der Waals surface area contributed by atoms with E-state index in [0.717, 1.165) is 81.7 Å². The summed E-state index contributed by atoms with van der Waals surface area (Å²) in [6.07, 6.45) is 9.02. The van der Waals surface area contributed by atoms with Crippen LogP contribution in [0.3, 0.4) is 0 Å². The molecule has 1 saturated heterocycles.